The molecule has 1 aliphatic rings. The van der Waals surface area contributed by atoms with E-state index >= 15 is 0 Å². The Morgan fingerprint density at radius 2 is 2.14 bits per heavy atom. The van der Waals surface area contributed by atoms with Crippen LogP contribution in [0.4, 0.5) is 13.2 Å². The van der Waals surface area contributed by atoms with Gasteiger partial charge in [0, 0.05) is 6.04 Å². The normalized spacial score (nSPS) is 24.0. The molecule has 0 aromatic heterocycles. The van der Waals surface area contributed by atoms with Gasteiger partial charge in [0.15, 0.2) is 0 Å². The van der Waals surface area contributed by atoms with Crippen molar-refractivity contribution in [2.75, 3.05) is 6.54 Å². The molecule has 1 N–H and O–H groups in total. The Morgan fingerprint density at radius 1 is 1.50 bits per heavy atom. The van der Waals surface area contributed by atoms with Gasteiger partial charge in [-0.15, -0.1) is 0 Å². The van der Waals surface area contributed by atoms with Gasteiger partial charge in [-0.3, -0.25) is 0 Å². The van der Waals surface area contributed by atoms with Gasteiger partial charge in [0.2, 0.25) is 0 Å². The van der Waals surface area contributed by atoms with Crippen LogP contribution in [0.15, 0.2) is 23.8 Å². The zero-order valence-corrected chi connectivity index (χ0v) is 8.06. The Balaban J connectivity index is 2.40. The van der Waals surface area contributed by atoms with Gasteiger partial charge >= 0.3 is 6.18 Å². The van der Waals surface area contributed by atoms with Crippen LogP contribution in [0, 0.1) is 0 Å². The van der Waals surface area contributed by atoms with E-state index in [9.17, 15) is 13.2 Å². The summed E-state index contributed by atoms with van der Waals surface area (Å²) in [7, 11) is 0. The van der Waals surface area contributed by atoms with E-state index in [1.54, 1.807) is 6.08 Å². The van der Waals surface area contributed by atoms with E-state index in [0.717, 1.165) is 18.5 Å². The highest BCUT2D eigenvalue weighted by Crippen LogP contribution is 2.21. The highest BCUT2D eigenvalue weighted by Gasteiger charge is 2.25. The summed E-state index contributed by atoms with van der Waals surface area (Å²) in [5.74, 6) is 0. The van der Waals surface area contributed by atoms with Gasteiger partial charge in [-0.05, 0) is 25.5 Å². The fraction of sp³-hybridized carbons (Fsp3) is 0.600. The summed E-state index contributed by atoms with van der Waals surface area (Å²) < 4.78 is 35.5. The minimum absolute atomic E-state index is 0.254. The molecule has 0 bridgehead atoms. The molecular formula is C10H14F3N. The number of halogens is 3. The van der Waals surface area contributed by atoms with Crippen molar-refractivity contribution in [2.45, 2.75) is 32.0 Å². The van der Waals surface area contributed by atoms with Crippen LogP contribution < -0.4 is 5.32 Å². The monoisotopic (exact) mass is 205 g/mol. The Labute approximate surface area is 81.7 Å². The predicted octanol–water partition coefficient (Wildman–Crippen LogP) is 2.80. The predicted molar refractivity (Wildman–Crippen MR) is 50.0 cm³/mol. The standard InChI is InChI=1S/C10H14F3N/c1-2-8(9-5-7-14-9)4-3-6-10(11,12)13/h2-4,9,14H,5-7H2,1H3/b4-3-,8-2+. The first-order chi connectivity index (χ1) is 6.53. The molecule has 1 saturated heterocycles. The average Bonchev–Trinajstić information content (AvgIpc) is 1.96. The van der Waals surface area contributed by atoms with Crippen LogP contribution in [0.1, 0.15) is 19.8 Å². The Hall–Kier alpha value is -0.770. The molecule has 1 nitrogen and oxygen atoms in total. The number of hydrogen-bond acceptors (Lipinski definition) is 1. The van der Waals surface area contributed by atoms with Crippen molar-refractivity contribution in [3.05, 3.63) is 23.8 Å². The molecule has 1 unspecified atom stereocenters. The number of hydrogen-bond donors (Lipinski definition) is 1. The van der Waals surface area contributed by atoms with Crippen molar-refractivity contribution < 1.29 is 13.2 Å². The van der Waals surface area contributed by atoms with E-state index in [4.69, 9.17) is 0 Å². The number of nitrogens with one attached hydrogen (secondary N) is 1. The number of alkyl halides is 3. The molecule has 1 heterocycles. The Kier molecular flexibility index (Phi) is 3.75. The second kappa shape index (κ2) is 4.64. The van der Waals surface area contributed by atoms with Crippen molar-refractivity contribution in [1.82, 2.24) is 5.32 Å². The van der Waals surface area contributed by atoms with E-state index in [2.05, 4.69) is 5.32 Å². The largest absolute Gasteiger partial charge is 0.392 e. The molecule has 0 spiro atoms. The zero-order chi connectivity index (χ0) is 10.6. The van der Waals surface area contributed by atoms with Gasteiger partial charge in [-0.25, -0.2) is 0 Å². The first-order valence-electron chi connectivity index (χ1n) is 4.66. The fourth-order valence-corrected chi connectivity index (χ4v) is 1.32. The maximum absolute atomic E-state index is 11.8. The van der Waals surface area contributed by atoms with Crippen LogP contribution in [0.3, 0.4) is 0 Å². The molecule has 0 aromatic carbocycles. The summed E-state index contributed by atoms with van der Waals surface area (Å²) in [6, 6.07) is 0.254. The number of rotatable bonds is 3. The van der Waals surface area contributed by atoms with Gasteiger partial charge in [-0.2, -0.15) is 13.2 Å². The van der Waals surface area contributed by atoms with E-state index in [0.29, 0.717) is 0 Å². The van der Waals surface area contributed by atoms with Crippen molar-refractivity contribution in [1.29, 1.82) is 0 Å². The molecule has 1 fully saturated rings. The Morgan fingerprint density at radius 3 is 2.50 bits per heavy atom. The van der Waals surface area contributed by atoms with Crippen molar-refractivity contribution in [3.63, 3.8) is 0 Å². The average molecular weight is 205 g/mol. The van der Waals surface area contributed by atoms with E-state index < -0.39 is 12.6 Å². The molecule has 0 aliphatic carbocycles. The lowest BCUT2D eigenvalue weighted by Gasteiger charge is -2.28. The first kappa shape index (κ1) is 11.3. The molecule has 1 atom stereocenters. The highest BCUT2D eigenvalue weighted by atomic mass is 19.4. The smallest absolute Gasteiger partial charge is 0.310 e. The van der Waals surface area contributed by atoms with E-state index in [-0.39, 0.29) is 6.04 Å². The van der Waals surface area contributed by atoms with Crippen LogP contribution in [-0.4, -0.2) is 18.8 Å². The van der Waals surface area contributed by atoms with E-state index in [1.165, 1.54) is 6.08 Å². The Bertz CT molecular complexity index is 236. The summed E-state index contributed by atoms with van der Waals surface area (Å²) in [6.45, 7) is 2.79. The van der Waals surface area contributed by atoms with Crippen LogP contribution >= 0.6 is 0 Å². The van der Waals surface area contributed by atoms with Crippen molar-refractivity contribution in [3.8, 4) is 0 Å². The fourth-order valence-electron chi connectivity index (χ4n) is 1.32. The van der Waals surface area contributed by atoms with Crippen LogP contribution in [0.25, 0.3) is 0 Å². The highest BCUT2D eigenvalue weighted by molar-refractivity contribution is 5.26. The molecule has 1 aliphatic heterocycles. The van der Waals surface area contributed by atoms with Crippen molar-refractivity contribution in [2.24, 2.45) is 0 Å². The second-order valence-electron chi connectivity index (χ2n) is 3.31. The van der Waals surface area contributed by atoms with Gasteiger partial charge in [0.25, 0.3) is 0 Å². The summed E-state index contributed by atoms with van der Waals surface area (Å²) in [4.78, 5) is 0. The molecule has 14 heavy (non-hydrogen) atoms. The summed E-state index contributed by atoms with van der Waals surface area (Å²) in [6.07, 6.45) is 0.652. The minimum atomic E-state index is -4.09. The molecule has 0 saturated carbocycles. The molecule has 4 heteroatoms. The summed E-state index contributed by atoms with van der Waals surface area (Å²) in [5, 5.41) is 3.14. The molecular weight excluding hydrogens is 191 g/mol. The first-order valence-corrected chi connectivity index (χ1v) is 4.66. The molecule has 1 rings (SSSR count). The summed E-state index contributed by atoms with van der Waals surface area (Å²) >= 11 is 0. The van der Waals surface area contributed by atoms with Gasteiger partial charge in [-0.1, -0.05) is 18.2 Å². The molecule has 0 radical (unpaired) electrons. The summed E-state index contributed by atoms with van der Waals surface area (Å²) in [5.41, 5.74) is 0.945. The second-order valence-corrected chi connectivity index (χ2v) is 3.31. The third kappa shape index (κ3) is 3.54. The molecule has 0 amide bonds. The zero-order valence-electron chi connectivity index (χ0n) is 8.06. The topological polar surface area (TPSA) is 12.0 Å². The van der Waals surface area contributed by atoms with Crippen molar-refractivity contribution >= 4 is 0 Å². The lowest BCUT2D eigenvalue weighted by Crippen LogP contribution is -2.43. The molecule has 0 aromatic rings. The maximum atomic E-state index is 11.8. The third-order valence-corrected chi connectivity index (χ3v) is 2.22. The lowest BCUT2D eigenvalue weighted by molar-refractivity contribution is -0.125. The van der Waals surface area contributed by atoms with Gasteiger partial charge in [0.05, 0.1) is 6.42 Å². The van der Waals surface area contributed by atoms with Crippen LogP contribution in [-0.2, 0) is 0 Å². The minimum Gasteiger partial charge on any atom is -0.310 e. The molecule has 80 valence electrons. The van der Waals surface area contributed by atoms with Crippen LogP contribution in [0.2, 0.25) is 0 Å². The van der Waals surface area contributed by atoms with E-state index in [1.807, 2.05) is 13.0 Å². The quantitative estimate of drug-likeness (QED) is 0.698. The SMILES string of the molecule is C/C=C(\C=C/CC(F)(F)F)C1CCN1. The van der Waals surface area contributed by atoms with Gasteiger partial charge < -0.3 is 5.32 Å². The van der Waals surface area contributed by atoms with Crippen LogP contribution in [0.5, 0.6) is 0 Å². The third-order valence-electron chi connectivity index (χ3n) is 2.22. The maximum Gasteiger partial charge on any atom is 0.392 e. The lowest BCUT2D eigenvalue weighted by atomic mass is 9.97. The van der Waals surface area contributed by atoms with Gasteiger partial charge in [0.1, 0.15) is 0 Å². The number of allylic oxidation sites excluding steroid dienone is 2.